The van der Waals surface area contributed by atoms with E-state index < -0.39 is 0 Å². The fourth-order valence-corrected chi connectivity index (χ4v) is 3.41. The monoisotopic (exact) mass is 330 g/mol. The predicted molar refractivity (Wildman–Crippen MR) is 91.1 cm³/mol. The Labute approximate surface area is 143 Å². The number of benzene rings is 1. The number of amides is 2. The molecule has 0 unspecified atom stereocenters. The van der Waals surface area contributed by atoms with Crippen LogP contribution in [-0.4, -0.2) is 41.5 Å². The van der Waals surface area contributed by atoms with Gasteiger partial charge in [-0.2, -0.15) is 0 Å². The summed E-state index contributed by atoms with van der Waals surface area (Å²) in [6.07, 6.45) is 4.19. The quantitative estimate of drug-likeness (QED) is 0.837. The van der Waals surface area contributed by atoms with Crippen molar-refractivity contribution in [2.24, 2.45) is 11.8 Å². The highest BCUT2D eigenvalue weighted by Gasteiger charge is 2.37. The molecule has 1 aliphatic carbocycles. The molecule has 2 atom stereocenters. The van der Waals surface area contributed by atoms with Gasteiger partial charge in [0.15, 0.2) is 0 Å². The Kier molecular flexibility index (Phi) is 5.51. The summed E-state index contributed by atoms with van der Waals surface area (Å²) in [6.45, 7) is 1.33. The number of nitrogens with zero attached hydrogens (tertiary/aromatic N) is 1. The van der Waals surface area contributed by atoms with Gasteiger partial charge in [0.05, 0.1) is 12.0 Å². The summed E-state index contributed by atoms with van der Waals surface area (Å²) in [6, 6.07) is 9.54. The lowest BCUT2D eigenvalue weighted by atomic mass is 9.95. The predicted octanol–water partition coefficient (Wildman–Crippen LogP) is 1.87. The zero-order valence-corrected chi connectivity index (χ0v) is 14.0. The number of hydrogen-bond acceptors (Lipinski definition) is 3. The van der Waals surface area contributed by atoms with Gasteiger partial charge in [0.25, 0.3) is 0 Å². The lowest BCUT2D eigenvalue weighted by Crippen LogP contribution is -2.46. The molecule has 5 nitrogen and oxygen atoms in total. The van der Waals surface area contributed by atoms with Gasteiger partial charge in [-0.05, 0) is 37.7 Å². The second-order valence-corrected chi connectivity index (χ2v) is 6.88. The van der Waals surface area contributed by atoms with Crippen molar-refractivity contribution in [3.63, 3.8) is 0 Å². The van der Waals surface area contributed by atoms with Gasteiger partial charge in [-0.3, -0.25) is 9.59 Å². The lowest BCUT2D eigenvalue weighted by molar-refractivity contribution is -0.137. The first kappa shape index (κ1) is 17.0. The van der Waals surface area contributed by atoms with Crippen LogP contribution in [0.1, 0.15) is 43.7 Å². The largest absolute Gasteiger partial charge is 0.396 e. The van der Waals surface area contributed by atoms with E-state index in [0.717, 1.165) is 37.8 Å². The van der Waals surface area contributed by atoms with Crippen molar-refractivity contribution >= 4 is 11.8 Å². The Hall–Kier alpha value is -1.88. The standard InChI is InChI=1S/C19H26N2O3/c22-12-10-17(14-5-2-1-3-6-14)20-18(23)16-7-4-11-21(13-16)19(24)15-8-9-15/h1-3,5-6,15-17,22H,4,7-13H2,(H,20,23)/t16-,17+/m1/s1. The van der Waals surface area contributed by atoms with E-state index in [9.17, 15) is 14.7 Å². The van der Waals surface area contributed by atoms with Crippen molar-refractivity contribution in [2.45, 2.75) is 38.1 Å². The molecule has 5 heteroatoms. The molecule has 0 radical (unpaired) electrons. The number of aliphatic hydroxyl groups excluding tert-OH is 1. The lowest BCUT2D eigenvalue weighted by Gasteiger charge is -2.33. The van der Waals surface area contributed by atoms with E-state index >= 15 is 0 Å². The van der Waals surface area contributed by atoms with Gasteiger partial charge in [-0.1, -0.05) is 30.3 Å². The number of aliphatic hydroxyl groups is 1. The van der Waals surface area contributed by atoms with Crippen LogP contribution < -0.4 is 5.32 Å². The molecule has 0 spiro atoms. The van der Waals surface area contributed by atoms with E-state index in [-0.39, 0.29) is 36.3 Å². The molecular weight excluding hydrogens is 304 g/mol. The Morgan fingerprint density at radius 3 is 2.58 bits per heavy atom. The summed E-state index contributed by atoms with van der Waals surface area (Å²) in [7, 11) is 0. The second kappa shape index (κ2) is 7.79. The molecule has 1 aromatic carbocycles. The molecule has 1 heterocycles. The van der Waals surface area contributed by atoms with Crippen LogP contribution in [0.2, 0.25) is 0 Å². The van der Waals surface area contributed by atoms with Crippen molar-refractivity contribution in [2.75, 3.05) is 19.7 Å². The van der Waals surface area contributed by atoms with Crippen molar-refractivity contribution in [3.05, 3.63) is 35.9 Å². The van der Waals surface area contributed by atoms with Gasteiger partial charge < -0.3 is 15.3 Å². The Balaban J connectivity index is 1.60. The second-order valence-electron chi connectivity index (χ2n) is 6.88. The molecule has 1 aliphatic heterocycles. The van der Waals surface area contributed by atoms with Crippen LogP contribution >= 0.6 is 0 Å². The topological polar surface area (TPSA) is 69.6 Å². The number of rotatable bonds is 6. The fourth-order valence-electron chi connectivity index (χ4n) is 3.41. The molecule has 0 bridgehead atoms. The van der Waals surface area contributed by atoms with Crippen molar-refractivity contribution < 1.29 is 14.7 Å². The molecule has 0 aromatic heterocycles. The van der Waals surface area contributed by atoms with Crippen molar-refractivity contribution in [3.8, 4) is 0 Å². The van der Waals surface area contributed by atoms with Gasteiger partial charge >= 0.3 is 0 Å². The van der Waals surface area contributed by atoms with Crippen molar-refractivity contribution in [1.29, 1.82) is 0 Å². The molecule has 2 aliphatic rings. The average molecular weight is 330 g/mol. The van der Waals surface area contributed by atoms with E-state index in [0.29, 0.717) is 13.0 Å². The fraction of sp³-hybridized carbons (Fsp3) is 0.579. The number of carbonyl (C=O) groups excluding carboxylic acids is 2. The van der Waals surface area contributed by atoms with Crippen molar-refractivity contribution in [1.82, 2.24) is 10.2 Å². The summed E-state index contributed by atoms with van der Waals surface area (Å²) in [5.74, 6) is 0.276. The van der Waals surface area contributed by atoms with Crippen LogP contribution in [0.4, 0.5) is 0 Å². The highest BCUT2D eigenvalue weighted by atomic mass is 16.3. The molecular formula is C19H26N2O3. The maximum atomic E-state index is 12.7. The van der Waals surface area contributed by atoms with E-state index in [1.807, 2.05) is 35.2 Å². The number of hydrogen-bond donors (Lipinski definition) is 2. The summed E-state index contributed by atoms with van der Waals surface area (Å²) in [5.41, 5.74) is 1.00. The van der Waals surface area contributed by atoms with Gasteiger partial charge in [0.1, 0.15) is 0 Å². The third kappa shape index (κ3) is 4.15. The minimum Gasteiger partial charge on any atom is -0.396 e. The summed E-state index contributed by atoms with van der Waals surface area (Å²) >= 11 is 0. The smallest absolute Gasteiger partial charge is 0.225 e. The maximum absolute atomic E-state index is 12.7. The van der Waals surface area contributed by atoms with E-state index in [1.165, 1.54) is 0 Å². The minimum absolute atomic E-state index is 0.00870. The normalized spacial score (nSPS) is 22.0. The zero-order chi connectivity index (χ0) is 16.9. The van der Waals surface area contributed by atoms with Gasteiger partial charge in [-0.15, -0.1) is 0 Å². The SMILES string of the molecule is O=C(N[C@@H](CCO)c1ccccc1)[C@@H]1CCCN(C(=O)C2CC2)C1. The summed E-state index contributed by atoms with van der Waals surface area (Å²) in [4.78, 5) is 26.8. The third-order valence-corrected chi connectivity index (χ3v) is 4.97. The molecule has 1 aromatic rings. The van der Waals surface area contributed by atoms with E-state index in [4.69, 9.17) is 0 Å². The number of likely N-dealkylation sites (tertiary alicyclic amines) is 1. The first-order chi connectivity index (χ1) is 11.7. The van der Waals surface area contributed by atoms with Crippen LogP contribution in [0, 0.1) is 11.8 Å². The van der Waals surface area contributed by atoms with Crippen LogP contribution in [0.3, 0.4) is 0 Å². The molecule has 1 saturated heterocycles. The molecule has 1 saturated carbocycles. The number of nitrogens with one attached hydrogen (secondary N) is 1. The van der Waals surface area contributed by atoms with Crippen LogP contribution in [0.5, 0.6) is 0 Å². The first-order valence-electron chi connectivity index (χ1n) is 8.94. The Bertz CT molecular complexity index is 571. The molecule has 24 heavy (non-hydrogen) atoms. The number of piperidine rings is 1. The highest BCUT2D eigenvalue weighted by molar-refractivity contribution is 5.83. The van der Waals surface area contributed by atoms with E-state index in [1.54, 1.807) is 0 Å². The first-order valence-corrected chi connectivity index (χ1v) is 8.94. The zero-order valence-electron chi connectivity index (χ0n) is 14.0. The third-order valence-electron chi connectivity index (χ3n) is 4.97. The number of carbonyl (C=O) groups is 2. The summed E-state index contributed by atoms with van der Waals surface area (Å²) in [5, 5.41) is 12.4. The molecule has 2 N–H and O–H groups in total. The molecule has 3 rings (SSSR count). The van der Waals surface area contributed by atoms with Gasteiger partial charge in [0, 0.05) is 25.6 Å². The minimum atomic E-state index is -0.182. The average Bonchev–Trinajstić information content (AvgIpc) is 3.46. The summed E-state index contributed by atoms with van der Waals surface area (Å²) < 4.78 is 0. The van der Waals surface area contributed by atoms with Crippen LogP contribution in [-0.2, 0) is 9.59 Å². The molecule has 2 amide bonds. The van der Waals surface area contributed by atoms with Gasteiger partial charge in [-0.25, -0.2) is 0 Å². The Morgan fingerprint density at radius 1 is 1.17 bits per heavy atom. The van der Waals surface area contributed by atoms with Crippen LogP contribution in [0.25, 0.3) is 0 Å². The van der Waals surface area contributed by atoms with Gasteiger partial charge in [0.2, 0.25) is 11.8 Å². The van der Waals surface area contributed by atoms with Crippen LogP contribution in [0.15, 0.2) is 30.3 Å². The maximum Gasteiger partial charge on any atom is 0.225 e. The van der Waals surface area contributed by atoms with E-state index in [2.05, 4.69) is 5.32 Å². The molecule has 130 valence electrons. The Morgan fingerprint density at radius 2 is 1.92 bits per heavy atom. The molecule has 2 fully saturated rings. The highest BCUT2D eigenvalue weighted by Crippen LogP contribution is 2.32.